The van der Waals surface area contributed by atoms with Gasteiger partial charge in [0.05, 0.1) is 6.10 Å². The summed E-state index contributed by atoms with van der Waals surface area (Å²) in [5.74, 6) is 0.328. The summed E-state index contributed by atoms with van der Waals surface area (Å²) in [5, 5.41) is 20.0. The molecule has 1 saturated heterocycles. The molecular weight excluding hydrogens is 408 g/mol. The van der Waals surface area contributed by atoms with E-state index in [0.717, 1.165) is 19.3 Å². The Morgan fingerprint density at radius 3 is 2.72 bits per heavy atom. The number of aromatic nitrogens is 2. The summed E-state index contributed by atoms with van der Waals surface area (Å²) >= 11 is 0. The van der Waals surface area contributed by atoms with Crippen LogP contribution in [0.4, 0.5) is 5.82 Å². The normalized spacial score (nSPS) is 19.7. The predicted octanol–water partition coefficient (Wildman–Crippen LogP) is 0.705. The summed E-state index contributed by atoms with van der Waals surface area (Å²) in [7, 11) is 0. The Morgan fingerprint density at radius 2 is 1.97 bits per heavy atom. The molecule has 2 aliphatic rings. The van der Waals surface area contributed by atoms with Gasteiger partial charge in [-0.3, -0.25) is 9.59 Å². The molecule has 1 aromatic carbocycles. The van der Waals surface area contributed by atoms with Crippen LogP contribution in [0.2, 0.25) is 0 Å². The van der Waals surface area contributed by atoms with Gasteiger partial charge in [0.1, 0.15) is 17.8 Å². The molecule has 0 saturated carbocycles. The molecule has 9 heteroatoms. The maximum Gasteiger partial charge on any atom is 0.270 e. The number of carbonyl (C=O) groups excluding carboxylic acids is 2. The SMILES string of the molecule is CC(=O)N1CCC(Nc2cc(C(=O)NCC(O)C3Cc4ccccc4CN3)ncn2)CC1. The molecule has 1 fully saturated rings. The van der Waals surface area contributed by atoms with Gasteiger partial charge in [0.2, 0.25) is 5.91 Å². The second kappa shape index (κ2) is 10.1. The Bertz CT molecular complexity index is 960. The average Bonchev–Trinajstić information content (AvgIpc) is 2.82. The molecule has 2 unspecified atom stereocenters. The van der Waals surface area contributed by atoms with E-state index in [-0.39, 0.29) is 36.1 Å². The maximum atomic E-state index is 12.6. The topological polar surface area (TPSA) is 119 Å². The number of hydrogen-bond acceptors (Lipinski definition) is 7. The van der Waals surface area contributed by atoms with Crippen LogP contribution in [0.3, 0.4) is 0 Å². The summed E-state index contributed by atoms with van der Waals surface area (Å²) in [6.07, 6.45) is 3.02. The fraction of sp³-hybridized carbons (Fsp3) is 0.478. The Morgan fingerprint density at radius 1 is 1.22 bits per heavy atom. The third kappa shape index (κ3) is 5.41. The van der Waals surface area contributed by atoms with Gasteiger partial charge in [-0.25, -0.2) is 9.97 Å². The van der Waals surface area contributed by atoms with Crippen molar-refractivity contribution >= 4 is 17.6 Å². The van der Waals surface area contributed by atoms with E-state index >= 15 is 0 Å². The number of piperidine rings is 1. The maximum absolute atomic E-state index is 12.6. The van der Waals surface area contributed by atoms with Crippen LogP contribution in [0.5, 0.6) is 0 Å². The number of rotatable bonds is 6. The van der Waals surface area contributed by atoms with Gasteiger partial charge in [0, 0.05) is 51.3 Å². The third-order valence-corrected chi connectivity index (χ3v) is 6.24. The Kier molecular flexibility index (Phi) is 6.96. The lowest BCUT2D eigenvalue weighted by Crippen LogP contribution is -2.49. The van der Waals surface area contributed by atoms with Crippen molar-refractivity contribution in [3.05, 3.63) is 53.5 Å². The van der Waals surface area contributed by atoms with Crippen LogP contribution in [0.1, 0.15) is 41.4 Å². The van der Waals surface area contributed by atoms with Crippen molar-refractivity contribution in [3.8, 4) is 0 Å². The van der Waals surface area contributed by atoms with Gasteiger partial charge in [-0.15, -0.1) is 0 Å². The molecule has 3 heterocycles. The van der Waals surface area contributed by atoms with Crippen molar-refractivity contribution < 1.29 is 14.7 Å². The summed E-state index contributed by atoms with van der Waals surface area (Å²) in [5.41, 5.74) is 2.72. The number of fused-ring (bicyclic) bond motifs is 1. The van der Waals surface area contributed by atoms with E-state index in [1.54, 1.807) is 13.0 Å². The Hall–Kier alpha value is -3.04. The van der Waals surface area contributed by atoms with E-state index in [4.69, 9.17) is 0 Å². The number of likely N-dealkylation sites (tertiary alicyclic amines) is 1. The van der Waals surface area contributed by atoms with Crippen LogP contribution >= 0.6 is 0 Å². The Labute approximate surface area is 187 Å². The van der Waals surface area contributed by atoms with Gasteiger partial charge in [0.25, 0.3) is 5.91 Å². The zero-order chi connectivity index (χ0) is 22.5. The summed E-state index contributed by atoms with van der Waals surface area (Å²) in [6.45, 7) is 3.85. The molecule has 170 valence electrons. The van der Waals surface area contributed by atoms with Crippen LogP contribution in [0, 0.1) is 0 Å². The minimum Gasteiger partial charge on any atom is -0.390 e. The predicted molar refractivity (Wildman–Crippen MR) is 120 cm³/mol. The minimum absolute atomic E-state index is 0.0965. The molecule has 4 rings (SSSR count). The smallest absolute Gasteiger partial charge is 0.270 e. The van der Waals surface area contributed by atoms with Crippen molar-refractivity contribution in [1.29, 1.82) is 0 Å². The molecule has 1 aromatic heterocycles. The first-order chi connectivity index (χ1) is 15.5. The average molecular weight is 439 g/mol. The zero-order valence-electron chi connectivity index (χ0n) is 18.3. The first-order valence-electron chi connectivity index (χ1n) is 11.1. The Balaban J connectivity index is 1.27. The zero-order valence-corrected chi connectivity index (χ0v) is 18.3. The standard InChI is InChI=1S/C23H30N6O3/c1-15(30)29-8-6-18(7-9-29)28-22-11-20(26-14-27-22)23(32)25-13-21(31)19-10-16-4-2-3-5-17(16)12-24-19/h2-5,11,14,18-19,21,24,31H,6-10,12-13H2,1H3,(H,25,32)(H,26,27,28). The molecule has 0 radical (unpaired) electrons. The largest absolute Gasteiger partial charge is 0.390 e. The highest BCUT2D eigenvalue weighted by molar-refractivity contribution is 5.92. The summed E-state index contributed by atoms with van der Waals surface area (Å²) in [4.78, 5) is 34.2. The number of anilines is 1. The second-order valence-corrected chi connectivity index (χ2v) is 8.45. The van der Waals surface area contributed by atoms with Gasteiger partial charge in [0.15, 0.2) is 0 Å². The van der Waals surface area contributed by atoms with Crippen LogP contribution in [-0.2, 0) is 17.8 Å². The highest BCUT2D eigenvalue weighted by Gasteiger charge is 2.25. The first kappa shape index (κ1) is 22.2. The molecule has 32 heavy (non-hydrogen) atoms. The lowest BCUT2D eigenvalue weighted by Gasteiger charge is -2.32. The van der Waals surface area contributed by atoms with Crippen molar-refractivity contribution in [3.63, 3.8) is 0 Å². The van der Waals surface area contributed by atoms with Crippen LogP contribution in [0.25, 0.3) is 0 Å². The van der Waals surface area contributed by atoms with Crippen molar-refractivity contribution in [1.82, 2.24) is 25.5 Å². The van der Waals surface area contributed by atoms with Gasteiger partial charge in [-0.2, -0.15) is 0 Å². The highest BCUT2D eigenvalue weighted by atomic mass is 16.3. The van der Waals surface area contributed by atoms with E-state index < -0.39 is 6.10 Å². The van der Waals surface area contributed by atoms with Gasteiger partial charge < -0.3 is 26.0 Å². The molecule has 2 aromatic rings. The van der Waals surface area contributed by atoms with Gasteiger partial charge >= 0.3 is 0 Å². The molecule has 2 aliphatic heterocycles. The van der Waals surface area contributed by atoms with E-state index in [9.17, 15) is 14.7 Å². The second-order valence-electron chi connectivity index (χ2n) is 8.45. The van der Waals surface area contributed by atoms with Crippen molar-refractivity contribution in [2.45, 2.75) is 50.9 Å². The summed E-state index contributed by atoms with van der Waals surface area (Å²) in [6, 6.07) is 9.87. The van der Waals surface area contributed by atoms with E-state index in [0.29, 0.717) is 25.5 Å². The lowest BCUT2D eigenvalue weighted by molar-refractivity contribution is -0.129. The number of benzene rings is 1. The number of nitrogens with zero attached hydrogens (tertiary/aromatic N) is 3. The number of amides is 2. The fourth-order valence-corrected chi connectivity index (χ4v) is 4.29. The van der Waals surface area contributed by atoms with E-state index in [1.807, 2.05) is 17.0 Å². The fourth-order valence-electron chi connectivity index (χ4n) is 4.29. The number of aliphatic hydroxyl groups is 1. The third-order valence-electron chi connectivity index (χ3n) is 6.24. The molecule has 0 spiro atoms. The van der Waals surface area contributed by atoms with Crippen LogP contribution in [-0.4, -0.2) is 69.6 Å². The first-order valence-corrected chi connectivity index (χ1v) is 11.1. The summed E-state index contributed by atoms with van der Waals surface area (Å²) < 4.78 is 0. The van der Waals surface area contributed by atoms with Crippen LogP contribution < -0.4 is 16.0 Å². The lowest BCUT2D eigenvalue weighted by atomic mass is 9.93. The number of aliphatic hydroxyl groups excluding tert-OH is 1. The molecule has 0 bridgehead atoms. The minimum atomic E-state index is -0.710. The quantitative estimate of drug-likeness (QED) is 0.524. The highest BCUT2D eigenvalue weighted by Crippen LogP contribution is 2.18. The van der Waals surface area contributed by atoms with Gasteiger partial charge in [-0.05, 0) is 30.4 Å². The number of hydrogen-bond donors (Lipinski definition) is 4. The molecule has 2 amide bonds. The molecular formula is C23H30N6O3. The molecule has 9 nitrogen and oxygen atoms in total. The van der Waals surface area contributed by atoms with E-state index in [2.05, 4.69) is 38.1 Å². The number of nitrogens with one attached hydrogen (secondary N) is 3. The molecule has 2 atom stereocenters. The van der Waals surface area contributed by atoms with Crippen molar-refractivity contribution in [2.24, 2.45) is 0 Å². The molecule has 0 aliphatic carbocycles. The monoisotopic (exact) mass is 438 g/mol. The van der Waals surface area contributed by atoms with Crippen molar-refractivity contribution in [2.75, 3.05) is 25.0 Å². The number of carbonyl (C=O) groups is 2. The van der Waals surface area contributed by atoms with Crippen LogP contribution in [0.15, 0.2) is 36.7 Å². The molecule has 4 N–H and O–H groups in total. The van der Waals surface area contributed by atoms with E-state index in [1.165, 1.54) is 17.5 Å². The van der Waals surface area contributed by atoms with Gasteiger partial charge in [-0.1, -0.05) is 24.3 Å².